The number of nitrogens with two attached hydrogens (primary N) is 1. The second-order valence-electron chi connectivity index (χ2n) is 6.71. The van der Waals surface area contributed by atoms with Gasteiger partial charge in [-0.25, -0.2) is 4.79 Å². The summed E-state index contributed by atoms with van der Waals surface area (Å²) in [6.07, 6.45) is 0.975. The molecule has 3 rings (SSSR count). The Balaban J connectivity index is 0.00000280. The van der Waals surface area contributed by atoms with Gasteiger partial charge in [-0.05, 0) is 48.7 Å². The van der Waals surface area contributed by atoms with Crippen molar-refractivity contribution in [2.75, 3.05) is 30.0 Å². The van der Waals surface area contributed by atoms with Crippen molar-refractivity contribution in [3.8, 4) is 0 Å². The van der Waals surface area contributed by atoms with Crippen molar-refractivity contribution in [2.45, 2.75) is 25.8 Å². The van der Waals surface area contributed by atoms with Crippen LogP contribution in [0.3, 0.4) is 0 Å². The lowest BCUT2D eigenvalue weighted by atomic mass is 10.1. The van der Waals surface area contributed by atoms with Crippen LogP contribution in [0.5, 0.6) is 0 Å². The van der Waals surface area contributed by atoms with Gasteiger partial charge in [-0.3, -0.25) is 14.6 Å². The third kappa shape index (κ3) is 4.82. The molecule has 1 aliphatic heterocycles. The average Bonchev–Trinajstić information content (AvgIpc) is 3.08. The number of rotatable bonds is 6. The van der Waals surface area contributed by atoms with E-state index in [0.29, 0.717) is 25.9 Å². The van der Waals surface area contributed by atoms with E-state index in [1.807, 2.05) is 55.5 Å². The minimum atomic E-state index is -0.223. The SMILES string of the molecule is COC(=O)CCc1ccc(N2CCN(c3ccc(C(C)N)cc3)C2=O)cc1.Cl. The van der Waals surface area contributed by atoms with E-state index in [4.69, 9.17) is 5.73 Å². The lowest BCUT2D eigenvalue weighted by Crippen LogP contribution is -2.31. The second-order valence-corrected chi connectivity index (χ2v) is 6.71. The number of hydrogen-bond donors (Lipinski definition) is 1. The van der Waals surface area contributed by atoms with E-state index < -0.39 is 0 Å². The van der Waals surface area contributed by atoms with E-state index in [1.54, 1.807) is 9.80 Å². The molecule has 28 heavy (non-hydrogen) atoms. The molecule has 2 N–H and O–H groups in total. The zero-order chi connectivity index (χ0) is 19.4. The molecule has 150 valence electrons. The number of hydrogen-bond acceptors (Lipinski definition) is 4. The Morgan fingerprint density at radius 1 is 1.04 bits per heavy atom. The van der Waals surface area contributed by atoms with Crippen LogP contribution in [0.15, 0.2) is 48.5 Å². The first-order valence-corrected chi connectivity index (χ1v) is 9.10. The molecule has 1 heterocycles. The predicted molar refractivity (Wildman–Crippen MR) is 113 cm³/mol. The van der Waals surface area contributed by atoms with Gasteiger partial charge in [0.1, 0.15) is 0 Å². The summed E-state index contributed by atoms with van der Waals surface area (Å²) in [5.74, 6) is -0.223. The number of carbonyl (C=O) groups is 2. The molecule has 1 aliphatic rings. The Labute approximate surface area is 171 Å². The molecule has 0 bridgehead atoms. The summed E-state index contributed by atoms with van der Waals surface area (Å²) in [7, 11) is 1.39. The summed E-state index contributed by atoms with van der Waals surface area (Å²) in [5.41, 5.74) is 9.71. The van der Waals surface area contributed by atoms with Gasteiger partial charge in [-0.1, -0.05) is 24.3 Å². The normalized spacial score (nSPS) is 14.6. The van der Waals surface area contributed by atoms with Gasteiger partial charge >= 0.3 is 12.0 Å². The molecule has 0 radical (unpaired) electrons. The molecular formula is C21H26ClN3O3. The van der Waals surface area contributed by atoms with Crippen LogP contribution in [0.25, 0.3) is 0 Å². The van der Waals surface area contributed by atoms with Crippen LogP contribution in [0, 0.1) is 0 Å². The Morgan fingerprint density at radius 3 is 2.00 bits per heavy atom. The number of ether oxygens (including phenoxy) is 1. The van der Waals surface area contributed by atoms with Gasteiger partial charge in [-0.2, -0.15) is 0 Å². The largest absolute Gasteiger partial charge is 0.469 e. The quantitative estimate of drug-likeness (QED) is 0.746. The van der Waals surface area contributed by atoms with E-state index in [9.17, 15) is 9.59 Å². The minimum absolute atomic E-state index is 0. The lowest BCUT2D eigenvalue weighted by molar-refractivity contribution is -0.140. The van der Waals surface area contributed by atoms with Crippen molar-refractivity contribution in [3.63, 3.8) is 0 Å². The van der Waals surface area contributed by atoms with E-state index >= 15 is 0 Å². The fourth-order valence-electron chi connectivity index (χ4n) is 3.16. The molecule has 1 unspecified atom stereocenters. The highest BCUT2D eigenvalue weighted by atomic mass is 35.5. The van der Waals surface area contributed by atoms with Crippen LogP contribution < -0.4 is 15.5 Å². The number of nitrogens with zero attached hydrogens (tertiary/aromatic N) is 2. The first-order chi connectivity index (χ1) is 13.0. The minimum Gasteiger partial charge on any atom is -0.469 e. The van der Waals surface area contributed by atoms with Crippen molar-refractivity contribution < 1.29 is 14.3 Å². The fourth-order valence-corrected chi connectivity index (χ4v) is 3.16. The molecule has 0 spiro atoms. The van der Waals surface area contributed by atoms with Crippen LogP contribution in [-0.4, -0.2) is 32.2 Å². The molecule has 2 aromatic carbocycles. The number of anilines is 2. The molecule has 0 aliphatic carbocycles. The number of methoxy groups -OCH3 is 1. The number of aryl methyl sites for hydroxylation is 1. The lowest BCUT2D eigenvalue weighted by Gasteiger charge is -2.19. The smallest absolute Gasteiger partial charge is 0.329 e. The number of carbonyl (C=O) groups excluding carboxylic acids is 2. The van der Waals surface area contributed by atoms with Gasteiger partial charge in [0.15, 0.2) is 0 Å². The maximum atomic E-state index is 12.8. The standard InChI is InChI=1S/C21H25N3O3.ClH/c1-15(22)17-6-10-19(11-7-17)24-14-13-23(21(24)26)18-8-3-16(4-9-18)5-12-20(25)27-2;/h3-4,6-11,15H,5,12-14,22H2,1-2H3;1H. The van der Waals surface area contributed by atoms with Gasteiger partial charge in [0.2, 0.25) is 0 Å². The van der Waals surface area contributed by atoms with Gasteiger partial charge in [-0.15, -0.1) is 12.4 Å². The van der Waals surface area contributed by atoms with Crippen LogP contribution in [0.4, 0.5) is 16.2 Å². The highest BCUT2D eigenvalue weighted by Gasteiger charge is 2.30. The number of benzene rings is 2. The molecule has 2 aromatic rings. The van der Waals surface area contributed by atoms with E-state index in [0.717, 1.165) is 22.5 Å². The monoisotopic (exact) mass is 403 g/mol. The van der Waals surface area contributed by atoms with Crippen molar-refractivity contribution >= 4 is 35.8 Å². The van der Waals surface area contributed by atoms with Gasteiger partial charge < -0.3 is 10.5 Å². The number of esters is 1. The molecule has 2 amide bonds. The highest BCUT2D eigenvalue weighted by molar-refractivity contribution is 6.06. The molecule has 6 nitrogen and oxygen atoms in total. The summed E-state index contributed by atoms with van der Waals surface area (Å²) in [4.78, 5) is 27.6. The molecule has 0 aromatic heterocycles. The Morgan fingerprint density at radius 2 is 1.54 bits per heavy atom. The molecule has 0 saturated carbocycles. The van der Waals surface area contributed by atoms with Crippen LogP contribution in [-0.2, 0) is 16.0 Å². The zero-order valence-electron chi connectivity index (χ0n) is 16.1. The van der Waals surface area contributed by atoms with E-state index in [-0.39, 0.29) is 30.4 Å². The Hall–Kier alpha value is -2.57. The van der Waals surface area contributed by atoms with E-state index in [2.05, 4.69) is 4.74 Å². The molecular weight excluding hydrogens is 378 g/mol. The molecule has 7 heteroatoms. The summed E-state index contributed by atoms with van der Waals surface area (Å²) in [6, 6.07) is 15.5. The predicted octanol–water partition coefficient (Wildman–Crippen LogP) is 3.68. The van der Waals surface area contributed by atoms with Gasteiger partial charge in [0.05, 0.1) is 7.11 Å². The molecule has 1 saturated heterocycles. The molecule has 1 atom stereocenters. The third-order valence-corrected chi connectivity index (χ3v) is 4.83. The van der Waals surface area contributed by atoms with Crippen LogP contribution in [0.1, 0.15) is 30.5 Å². The molecule has 1 fully saturated rings. The van der Waals surface area contributed by atoms with Crippen molar-refractivity contribution in [1.82, 2.24) is 0 Å². The maximum absolute atomic E-state index is 12.8. The van der Waals surface area contributed by atoms with Crippen molar-refractivity contribution in [2.24, 2.45) is 5.73 Å². The number of urea groups is 1. The van der Waals surface area contributed by atoms with Crippen molar-refractivity contribution in [3.05, 3.63) is 59.7 Å². The summed E-state index contributed by atoms with van der Waals surface area (Å²) in [6.45, 7) is 3.21. The number of amides is 2. The summed E-state index contributed by atoms with van der Waals surface area (Å²) < 4.78 is 4.66. The first-order valence-electron chi connectivity index (χ1n) is 9.10. The highest BCUT2D eigenvalue weighted by Crippen LogP contribution is 2.26. The summed E-state index contributed by atoms with van der Waals surface area (Å²) >= 11 is 0. The third-order valence-electron chi connectivity index (χ3n) is 4.83. The number of halogens is 1. The average molecular weight is 404 g/mol. The first kappa shape index (κ1) is 21.7. The fraction of sp³-hybridized carbons (Fsp3) is 0.333. The Bertz CT molecular complexity index is 807. The summed E-state index contributed by atoms with van der Waals surface area (Å²) in [5, 5.41) is 0. The van der Waals surface area contributed by atoms with Gasteiger partial charge in [0, 0.05) is 36.9 Å². The van der Waals surface area contributed by atoms with Crippen molar-refractivity contribution in [1.29, 1.82) is 0 Å². The maximum Gasteiger partial charge on any atom is 0.329 e. The second kappa shape index (κ2) is 9.57. The van der Waals surface area contributed by atoms with Gasteiger partial charge in [0.25, 0.3) is 0 Å². The topological polar surface area (TPSA) is 75.9 Å². The van der Waals surface area contributed by atoms with Crippen LogP contribution >= 0.6 is 12.4 Å². The van der Waals surface area contributed by atoms with E-state index in [1.165, 1.54) is 7.11 Å². The zero-order valence-corrected chi connectivity index (χ0v) is 16.9. The van der Waals surface area contributed by atoms with Crippen LogP contribution in [0.2, 0.25) is 0 Å². The Kier molecular flexibility index (Phi) is 7.43.